The van der Waals surface area contributed by atoms with E-state index in [0.717, 1.165) is 13.0 Å². The van der Waals surface area contributed by atoms with Crippen LogP contribution in [0.5, 0.6) is 0 Å². The second-order valence-corrected chi connectivity index (χ2v) is 4.02. The first-order chi connectivity index (χ1) is 6.88. The van der Waals surface area contributed by atoms with Gasteiger partial charge in [-0.15, -0.1) is 0 Å². The minimum Gasteiger partial charge on any atom is -0.316 e. The fourth-order valence-electron chi connectivity index (χ4n) is 2.09. The van der Waals surface area contributed by atoms with Gasteiger partial charge < -0.3 is 10.6 Å². The van der Waals surface area contributed by atoms with Crippen molar-refractivity contribution in [3.8, 4) is 0 Å². The summed E-state index contributed by atoms with van der Waals surface area (Å²) in [5, 5.41) is 6.86. The molecule has 14 heavy (non-hydrogen) atoms. The van der Waals surface area contributed by atoms with Gasteiger partial charge in [-0.05, 0) is 25.5 Å². The molecular weight excluding hydrogens is 172 g/mol. The van der Waals surface area contributed by atoms with E-state index in [0.29, 0.717) is 12.1 Å². The van der Waals surface area contributed by atoms with Gasteiger partial charge >= 0.3 is 0 Å². The molecule has 0 bridgehead atoms. The normalized spacial score (nSPS) is 26.6. The van der Waals surface area contributed by atoms with Crippen LogP contribution in [0.25, 0.3) is 0 Å². The van der Waals surface area contributed by atoms with Crippen molar-refractivity contribution in [2.24, 2.45) is 0 Å². The Kier molecular flexibility index (Phi) is 3.17. The van der Waals surface area contributed by atoms with Gasteiger partial charge in [-0.3, -0.25) is 0 Å². The summed E-state index contributed by atoms with van der Waals surface area (Å²) in [6.07, 6.45) is 2.39. The fourth-order valence-corrected chi connectivity index (χ4v) is 2.09. The van der Waals surface area contributed by atoms with Crippen LogP contribution in [0.1, 0.15) is 12.0 Å². The molecule has 2 rings (SSSR count). The Balaban J connectivity index is 1.88. The van der Waals surface area contributed by atoms with Crippen molar-refractivity contribution >= 4 is 0 Å². The molecule has 0 spiro atoms. The summed E-state index contributed by atoms with van der Waals surface area (Å²) >= 11 is 0. The number of nitrogens with one attached hydrogen (secondary N) is 2. The molecule has 1 heterocycles. The molecule has 1 aliphatic rings. The zero-order valence-electron chi connectivity index (χ0n) is 8.66. The lowest BCUT2D eigenvalue weighted by molar-refractivity contribution is 0.571. The highest BCUT2D eigenvalue weighted by molar-refractivity contribution is 5.16. The maximum Gasteiger partial charge on any atom is 0.0204 e. The zero-order valence-corrected chi connectivity index (χ0v) is 8.66. The second-order valence-electron chi connectivity index (χ2n) is 4.02. The van der Waals surface area contributed by atoms with Gasteiger partial charge in [0, 0.05) is 18.6 Å². The van der Waals surface area contributed by atoms with Crippen LogP contribution >= 0.6 is 0 Å². The molecule has 2 atom stereocenters. The summed E-state index contributed by atoms with van der Waals surface area (Å²) in [6, 6.07) is 12.0. The average Bonchev–Trinajstić information content (AvgIpc) is 2.67. The smallest absolute Gasteiger partial charge is 0.0204 e. The van der Waals surface area contributed by atoms with Crippen molar-refractivity contribution in [3.05, 3.63) is 35.9 Å². The van der Waals surface area contributed by atoms with E-state index in [1.807, 2.05) is 7.05 Å². The molecule has 2 N–H and O–H groups in total. The third-order valence-corrected chi connectivity index (χ3v) is 2.96. The van der Waals surface area contributed by atoms with Gasteiger partial charge in [-0.2, -0.15) is 0 Å². The molecule has 1 aromatic rings. The first kappa shape index (κ1) is 9.69. The van der Waals surface area contributed by atoms with E-state index in [-0.39, 0.29) is 0 Å². The highest BCUT2D eigenvalue weighted by Crippen LogP contribution is 2.12. The monoisotopic (exact) mass is 190 g/mol. The predicted octanol–water partition coefficient (Wildman–Crippen LogP) is 1.18. The van der Waals surface area contributed by atoms with Crippen molar-refractivity contribution in [2.45, 2.75) is 24.9 Å². The lowest BCUT2D eigenvalue weighted by atomic mass is 10.0. The molecule has 2 heteroatoms. The maximum atomic E-state index is 3.54. The van der Waals surface area contributed by atoms with Gasteiger partial charge in [0.25, 0.3) is 0 Å². The summed E-state index contributed by atoms with van der Waals surface area (Å²) in [4.78, 5) is 0. The van der Waals surface area contributed by atoms with Crippen molar-refractivity contribution in [1.82, 2.24) is 10.6 Å². The summed E-state index contributed by atoms with van der Waals surface area (Å²) in [7, 11) is 2.04. The number of hydrogen-bond donors (Lipinski definition) is 2. The molecule has 0 saturated carbocycles. The predicted molar refractivity (Wildman–Crippen MR) is 59.4 cm³/mol. The van der Waals surface area contributed by atoms with Gasteiger partial charge in [-0.1, -0.05) is 30.3 Å². The fraction of sp³-hybridized carbons (Fsp3) is 0.500. The molecule has 1 fully saturated rings. The van der Waals surface area contributed by atoms with Crippen molar-refractivity contribution in [3.63, 3.8) is 0 Å². The van der Waals surface area contributed by atoms with Crippen LogP contribution in [-0.4, -0.2) is 25.7 Å². The Morgan fingerprint density at radius 2 is 2.14 bits per heavy atom. The Bertz CT molecular complexity index is 271. The molecule has 1 unspecified atom stereocenters. The van der Waals surface area contributed by atoms with Gasteiger partial charge in [0.1, 0.15) is 0 Å². The first-order valence-corrected chi connectivity index (χ1v) is 5.33. The van der Waals surface area contributed by atoms with Crippen LogP contribution in [0.4, 0.5) is 0 Å². The van der Waals surface area contributed by atoms with Crippen molar-refractivity contribution in [1.29, 1.82) is 0 Å². The molecule has 76 valence electrons. The van der Waals surface area contributed by atoms with Crippen LogP contribution < -0.4 is 10.6 Å². The largest absolute Gasteiger partial charge is 0.316 e. The average molecular weight is 190 g/mol. The van der Waals surface area contributed by atoms with Gasteiger partial charge in [0.05, 0.1) is 0 Å². The van der Waals surface area contributed by atoms with Gasteiger partial charge in [0.15, 0.2) is 0 Å². The highest BCUT2D eigenvalue weighted by atomic mass is 15.0. The van der Waals surface area contributed by atoms with Gasteiger partial charge in [0.2, 0.25) is 0 Å². The molecule has 2 nitrogen and oxygen atoms in total. The molecule has 0 aromatic heterocycles. The Hall–Kier alpha value is -0.860. The minimum absolute atomic E-state index is 0.648. The summed E-state index contributed by atoms with van der Waals surface area (Å²) in [5.74, 6) is 0. The SMILES string of the molecule is CN[C@H]1CNC(Cc2ccccc2)C1. The first-order valence-electron chi connectivity index (χ1n) is 5.33. The lowest BCUT2D eigenvalue weighted by Gasteiger charge is -2.10. The summed E-state index contributed by atoms with van der Waals surface area (Å²) in [5.41, 5.74) is 1.43. The molecule has 0 radical (unpaired) electrons. The van der Waals surface area contributed by atoms with Crippen LogP contribution in [0.15, 0.2) is 30.3 Å². The molecule has 0 aliphatic carbocycles. The third kappa shape index (κ3) is 2.34. The minimum atomic E-state index is 0.648. The van der Waals surface area contributed by atoms with Crippen molar-refractivity contribution < 1.29 is 0 Å². The van der Waals surface area contributed by atoms with Crippen LogP contribution in [-0.2, 0) is 6.42 Å². The third-order valence-electron chi connectivity index (χ3n) is 2.96. The molecule has 0 amide bonds. The quantitative estimate of drug-likeness (QED) is 0.748. The second kappa shape index (κ2) is 4.58. The van der Waals surface area contributed by atoms with Gasteiger partial charge in [-0.25, -0.2) is 0 Å². The zero-order chi connectivity index (χ0) is 9.80. The Labute approximate surface area is 85.7 Å². The number of benzene rings is 1. The molecule has 1 saturated heterocycles. The molecular formula is C12H18N2. The van der Waals surface area contributed by atoms with E-state index in [1.165, 1.54) is 12.0 Å². The Morgan fingerprint density at radius 3 is 2.79 bits per heavy atom. The summed E-state index contributed by atoms with van der Waals surface area (Å²) in [6.45, 7) is 1.11. The number of rotatable bonds is 3. The number of likely N-dealkylation sites (N-methyl/N-ethyl adjacent to an activating group) is 1. The topological polar surface area (TPSA) is 24.1 Å². The van der Waals surface area contributed by atoms with E-state index >= 15 is 0 Å². The van der Waals surface area contributed by atoms with E-state index in [1.54, 1.807) is 0 Å². The van der Waals surface area contributed by atoms with Crippen LogP contribution in [0, 0.1) is 0 Å². The summed E-state index contributed by atoms with van der Waals surface area (Å²) < 4.78 is 0. The molecule has 1 aliphatic heterocycles. The van der Waals surface area contributed by atoms with Crippen LogP contribution in [0.3, 0.4) is 0 Å². The number of hydrogen-bond acceptors (Lipinski definition) is 2. The standard InChI is InChI=1S/C12H18N2/c1-13-12-8-11(14-9-12)7-10-5-3-2-4-6-10/h2-6,11-14H,7-9H2,1H3/t11?,12-/m1/s1. The van der Waals surface area contributed by atoms with E-state index in [2.05, 4.69) is 41.0 Å². The van der Waals surface area contributed by atoms with E-state index in [9.17, 15) is 0 Å². The molecule has 1 aromatic carbocycles. The van der Waals surface area contributed by atoms with Crippen LogP contribution in [0.2, 0.25) is 0 Å². The van der Waals surface area contributed by atoms with E-state index in [4.69, 9.17) is 0 Å². The highest BCUT2D eigenvalue weighted by Gasteiger charge is 2.22. The lowest BCUT2D eigenvalue weighted by Crippen LogP contribution is -2.27. The maximum absolute atomic E-state index is 3.54. The van der Waals surface area contributed by atoms with E-state index < -0.39 is 0 Å². The Morgan fingerprint density at radius 1 is 1.36 bits per heavy atom. The van der Waals surface area contributed by atoms with Crippen molar-refractivity contribution in [2.75, 3.05) is 13.6 Å².